The molecule has 0 atom stereocenters. The Morgan fingerprint density at radius 1 is 1.33 bits per heavy atom. The van der Waals surface area contributed by atoms with E-state index in [9.17, 15) is 13.2 Å². The second-order valence-corrected chi connectivity index (χ2v) is 7.02. The SMILES string of the molecule is COC1CC(NC(=O)c2cc(S(N)(=O)=O)cc(C)c2C)C1. The van der Waals surface area contributed by atoms with E-state index in [0.717, 1.165) is 24.0 Å². The maximum atomic E-state index is 12.3. The van der Waals surface area contributed by atoms with Gasteiger partial charge in [0, 0.05) is 18.7 Å². The number of hydrogen-bond acceptors (Lipinski definition) is 4. The Kier molecular flexibility index (Phi) is 4.36. The Morgan fingerprint density at radius 2 is 1.95 bits per heavy atom. The van der Waals surface area contributed by atoms with Crippen molar-refractivity contribution in [1.29, 1.82) is 0 Å². The quantitative estimate of drug-likeness (QED) is 0.861. The summed E-state index contributed by atoms with van der Waals surface area (Å²) in [4.78, 5) is 12.3. The molecule has 0 saturated heterocycles. The minimum Gasteiger partial charge on any atom is -0.381 e. The predicted molar refractivity (Wildman–Crippen MR) is 78.6 cm³/mol. The lowest BCUT2D eigenvalue weighted by atomic mass is 9.89. The summed E-state index contributed by atoms with van der Waals surface area (Å²) in [6, 6.07) is 2.88. The molecular formula is C14H20N2O4S. The molecule has 0 bridgehead atoms. The van der Waals surface area contributed by atoms with Crippen LogP contribution in [0.15, 0.2) is 17.0 Å². The number of amides is 1. The lowest BCUT2D eigenvalue weighted by molar-refractivity contribution is 0.0176. The number of sulfonamides is 1. The summed E-state index contributed by atoms with van der Waals surface area (Å²) in [5, 5.41) is 8.03. The van der Waals surface area contributed by atoms with Crippen molar-refractivity contribution in [3.63, 3.8) is 0 Å². The summed E-state index contributed by atoms with van der Waals surface area (Å²) in [7, 11) is -2.19. The highest BCUT2D eigenvalue weighted by atomic mass is 32.2. The maximum Gasteiger partial charge on any atom is 0.251 e. The fraction of sp³-hybridized carbons (Fsp3) is 0.500. The fourth-order valence-corrected chi connectivity index (χ4v) is 2.99. The summed E-state index contributed by atoms with van der Waals surface area (Å²) in [6.45, 7) is 3.54. The van der Waals surface area contributed by atoms with Crippen molar-refractivity contribution in [3.8, 4) is 0 Å². The van der Waals surface area contributed by atoms with Crippen LogP contribution in [-0.4, -0.2) is 33.6 Å². The first-order valence-electron chi connectivity index (χ1n) is 6.70. The molecule has 0 unspecified atom stereocenters. The van der Waals surface area contributed by atoms with Gasteiger partial charge in [-0.05, 0) is 49.9 Å². The molecule has 1 fully saturated rings. The molecule has 0 spiro atoms. The molecule has 1 aliphatic carbocycles. The molecule has 1 aliphatic rings. The first-order chi connectivity index (χ1) is 9.72. The number of nitrogens with one attached hydrogen (secondary N) is 1. The van der Waals surface area contributed by atoms with Gasteiger partial charge in [0.25, 0.3) is 5.91 Å². The molecular weight excluding hydrogens is 292 g/mol. The van der Waals surface area contributed by atoms with Crippen LogP contribution in [0.5, 0.6) is 0 Å². The fourth-order valence-electron chi connectivity index (χ4n) is 2.37. The number of aryl methyl sites for hydroxylation is 1. The van der Waals surface area contributed by atoms with Gasteiger partial charge in [0.1, 0.15) is 0 Å². The molecule has 1 aromatic carbocycles. The highest BCUT2D eigenvalue weighted by molar-refractivity contribution is 7.89. The van der Waals surface area contributed by atoms with Crippen molar-refractivity contribution >= 4 is 15.9 Å². The summed E-state index contributed by atoms with van der Waals surface area (Å²) in [5.74, 6) is -0.277. The summed E-state index contributed by atoms with van der Waals surface area (Å²) >= 11 is 0. The van der Waals surface area contributed by atoms with Crippen LogP contribution in [0.4, 0.5) is 0 Å². The monoisotopic (exact) mass is 312 g/mol. The van der Waals surface area contributed by atoms with Crippen LogP contribution in [0.3, 0.4) is 0 Å². The van der Waals surface area contributed by atoms with Gasteiger partial charge in [-0.1, -0.05) is 0 Å². The minimum absolute atomic E-state index is 0.0425. The Bertz CT molecular complexity index is 664. The lowest BCUT2D eigenvalue weighted by Gasteiger charge is -2.34. The van der Waals surface area contributed by atoms with Crippen molar-refractivity contribution in [2.75, 3.05) is 7.11 Å². The summed E-state index contributed by atoms with van der Waals surface area (Å²) < 4.78 is 28.1. The van der Waals surface area contributed by atoms with E-state index in [2.05, 4.69) is 5.32 Å². The molecule has 0 aromatic heterocycles. The van der Waals surface area contributed by atoms with Crippen molar-refractivity contribution in [2.45, 2.75) is 43.7 Å². The van der Waals surface area contributed by atoms with Crippen LogP contribution in [0, 0.1) is 13.8 Å². The standard InChI is InChI=1S/C14H20N2O4S/c1-8-4-12(21(15,18)19)7-13(9(8)2)14(17)16-10-5-11(6-10)20-3/h4,7,10-11H,5-6H2,1-3H3,(H,16,17)(H2,15,18,19). The zero-order valence-corrected chi connectivity index (χ0v) is 13.2. The Labute approximate surface area is 124 Å². The maximum absolute atomic E-state index is 12.3. The number of carbonyl (C=O) groups is 1. The average Bonchev–Trinajstić information content (AvgIpc) is 2.34. The van der Waals surface area contributed by atoms with E-state index >= 15 is 0 Å². The zero-order chi connectivity index (χ0) is 15.8. The number of ether oxygens (including phenoxy) is 1. The molecule has 7 heteroatoms. The van der Waals surface area contributed by atoms with Crippen molar-refractivity contribution in [3.05, 3.63) is 28.8 Å². The third kappa shape index (κ3) is 3.42. The molecule has 0 aliphatic heterocycles. The van der Waals surface area contributed by atoms with Crippen molar-refractivity contribution in [1.82, 2.24) is 5.32 Å². The third-order valence-corrected chi connectivity index (χ3v) is 4.87. The van der Waals surface area contributed by atoms with Gasteiger partial charge in [-0.25, -0.2) is 13.6 Å². The molecule has 0 radical (unpaired) electrons. The average molecular weight is 312 g/mol. The second-order valence-electron chi connectivity index (χ2n) is 5.46. The second kappa shape index (κ2) is 5.75. The predicted octanol–water partition coefficient (Wildman–Crippen LogP) is 0.858. The van der Waals surface area contributed by atoms with E-state index < -0.39 is 10.0 Å². The van der Waals surface area contributed by atoms with Gasteiger partial charge in [0.05, 0.1) is 11.0 Å². The van der Waals surface area contributed by atoms with Gasteiger partial charge >= 0.3 is 0 Å². The van der Waals surface area contributed by atoms with Crippen LogP contribution in [0.2, 0.25) is 0 Å². The Morgan fingerprint density at radius 3 is 2.48 bits per heavy atom. The molecule has 116 valence electrons. The number of hydrogen-bond donors (Lipinski definition) is 2. The van der Waals surface area contributed by atoms with E-state index in [0.29, 0.717) is 5.56 Å². The summed E-state index contributed by atoms with van der Waals surface area (Å²) in [5.41, 5.74) is 1.82. The highest BCUT2D eigenvalue weighted by Gasteiger charge is 2.30. The number of nitrogens with two attached hydrogens (primary N) is 1. The first-order valence-corrected chi connectivity index (χ1v) is 8.24. The molecule has 21 heavy (non-hydrogen) atoms. The highest BCUT2D eigenvalue weighted by Crippen LogP contribution is 2.24. The van der Waals surface area contributed by atoms with Crippen LogP contribution < -0.4 is 10.5 Å². The van der Waals surface area contributed by atoms with Gasteiger partial charge in [-0.2, -0.15) is 0 Å². The van der Waals surface area contributed by atoms with Gasteiger partial charge < -0.3 is 10.1 Å². The minimum atomic E-state index is -3.83. The van der Waals surface area contributed by atoms with Crippen molar-refractivity contribution in [2.24, 2.45) is 5.14 Å². The van der Waals surface area contributed by atoms with Gasteiger partial charge in [0.2, 0.25) is 10.0 Å². The lowest BCUT2D eigenvalue weighted by Crippen LogP contribution is -2.47. The molecule has 2 rings (SSSR count). The van der Waals surface area contributed by atoms with E-state index in [1.165, 1.54) is 12.1 Å². The molecule has 1 aromatic rings. The molecule has 0 heterocycles. The van der Waals surface area contributed by atoms with Gasteiger partial charge in [-0.3, -0.25) is 4.79 Å². The largest absolute Gasteiger partial charge is 0.381 e. The van der Waals surface area contributed by atoms with E-state index in [1.54, 1.807) is 21.0 Å². The van der Waals surface area contributed by atoms with Gasteiger partial charge in [0.15, 0.2) is 0 Å². The van der Waals surface area contributed by atoms with Crippen LogP contribution in [-0.2, 0) is 14.8 Å². The first kappa shape index (κ1) is 15.9. The number of benzene rings is 1. The molecule has 6 nitrogen and oxygen atoms in total. The third-order valence-electron chi connectivity index (χ3n) is 3.98. The number of carbonyl (C=O) groups excluding carboxylic acids is 1. The van der Waals surface area contributed by atoms with Crippen LogP contribution in [0.1, 0.15) is 34.3 Å². The Balaban J connectivity index is 2.22. The Hall–Kier alpha value is -1.44. The van der Waals surface area contributed by atoms with Crippen LogP contribution in [0.25, 0.3) is 0 Å². The van der Waals surface area contributed by atoms with Crippen molar-refractivity contribution < 1.29 is 17.9 Å². The number of rotatable bonds is 4. The van der Waals surface area contributed by atoms with E-state index in [-0.39, 0.29) is 22.9 Å². The topological polar surface area (TPSA) is 98.5 Å². The zero-order valence-electron chi connectivity index (χ0n) is 12.3. The molecule has 3 N–H and O–H groups in total. The van der Waals surface area contributed by atoms with Gasteiger partial charge in [-0.15, -0.1) is 0 Å². The molecule has 1 saturated carbocycles. The number of methoxy groups -OCH3 is 1. The molecule has 1 amide bonds. The van der Waals surface area contributed by atoms with E-state index in [4.69, 9.17) is 9.88 Å². The van der Waals surface area contributed by atoms with Crippen LogP contribution >= 0.6 is 0 Å². The van der Waals surface area contributed by atoms with E-state index in [1.807, 2.05) is 0 Å². The smallest absolute Gasteiger partial charge is 0.251 e. The number of primary sulfonamides is 1. The summed E-state index contributed by atoms with van der Waals surface area (Å²) in [6.07, 6.45) is 1.73. The normalized spacial score (nSPS) is 21.7.